The van der Waals surface area contributed by atoms with E-state index in [1.165, 1.54) is 7.11 Å². The fraction of sp³-hybridized carbons (Fsp3) is 0.333. The molecule has 2 aliphatic heterocycles. The number of aromatic nitrogens is 1. The smallest absolute Gasteiger partial charge is 0.309 e. The van der Waals surface area contributed by atoms with Crippen molar-refractivity contribution >= 4 is 40.6 Å². The van der Waals surface area contributed by atoms with Crippen molar-refractivity contribution < 1.29 is 23.9 Å². The fourth-order valence-electron chi connectivity index (χ4n) is 5.71. The van der Waals surface area contributed by atoms with Gasteiger partial charge in [-0.05, 0) is 60.2 Å². The van der Waals surface area contributed by atoms with Crippen molar-refractivity contribution in [3.05, 3.63) is 82.6 Å². The number of ether oxygens (including phenoxy) is 2. The Morgan fingerprint density at radius 1 is 1.10 bits per heavy atom. The number of anilines is 1. The highest BCUT2D eigenvalue weighted by Gasteiger charge is 2.30. The zero-order valence-corrected chi connectivity index (χ0v) is 24.7. The van der Waals surface area contributed by atoms with Crippen LogP contribution in [0.15, 0.2) is 60.8 Å². The standard InChI is InChI=1S/C33H34ClN3O5/c1-20-6-4-9-29(37-15-13-23(19-30(37)38)25-7-5-8-26(34)32(25)42-3)28-18-22(12-14-35-28)24-11-10-21(17-31(39)41-2)16-27(24)36-33(20)40/h5,7-8,10-12,14,16,18-20,29H,4,6,9,13,15,17H2,1-3H3,(H,36,40)/t20-,29+/m1/s1. The number of para-hydroxylation sites is 1. The van der Waals surface area contributed by atoms with E-state index in [0.29, 0.717) is 42.3 Å². The highest BCUT2D eigenvalue weighted by molar-refractivity contribution is 6.32. The lowest BCUT2D eigenvalue weighted by Gasteiger charge is -2.34. The van der Waals surface area contributed by atoms with E-state index in [0.717, 1.165) is 39.9 Å². The van der Waals surface area contributed by atoms with Crippen molar-refractivity contribution in [2.75, 3.05) is 26.1 Å². The molecule has 0 fully saturated rings. The molecule has 2 atom stereocenters. The monoisotopic (exact) mass is 587 g/mol. The number of esters is 1. The fourth-order valence-corrected chi connectivity index (χ4v) is 5.96. The molecule has 218 valence electrons. The van der Waals surface area contributed by atoms with Gasteiger partial charge in [-0.15, -0.1) is 0 Å². The molecule has 0 spiro atoms. The molecule has 3 aromatic rings. The molecule has 42 heavy (non-hydrogen) atoms. The molecule has 8 nitrogen and oxygen atoms in total. The average Bonchev–Trinajstić information content (AvgIpc) is 2.99. The number of halogens is 1. The molecule has 2 aliphatic rings. The number of benzene rings is 2. The largest absolute Gasteiger partial charge is 0.495 e. The summed E-state index contributed by atoms with van der Waals surface area (Å²) in [4.78, 5) is 45.3. The summed E-state index contributed by atoms with van der Waals surface area (Å²) >= 11 is 6.35. The van der Waals surface area contributed by atoms with Gasteiger partial charge in [0, 0.05) is 41.5 Å². The van der Waals surface area contributed by atoms with Crippen molar-refractivity contribution in [3.63, 3.8) is 0 Å². The van der Waals surface area contributed by atoms with Gasteiger partial charge in [0.25, 0.3) is 0 Å². The molecule has 1 aromatic heterocycles. The van der Waals surface area contributed by atoms with E-state index in [9.17, 15) is 14.4 Å². The Bertz CT molecular complexity index is 1550. The van der Waals surface area contributed by atoms with Crippen LogP contribution in [0.2, 0.25) is 5.02 Å². The number of hydrogen-bond acceptors (Lipinski definition) is 6. The van der Waals surface area contributed by atoms with Gasteiger partial charge in [0.15, 0.2) is 0 Å². The Labute approximate surface area is 250 Å². The van der Waals surface area contributed by atoms with Crippen LogP contribution in [0.1, 0.15) is 55.5 Å². The van der Waals surface area contributed by atoms with Gasteiger partial charge in [-0.1, -0.05) is 49.2 Å². The lowest BCUT2D eigenvalue weighted by Crippen LogP contribution is -2.38. The second-order valence-electron chi connectivity index (χ2n) is 10.7. The van der Waals surface area contributed by atoms with E-state index in [4.69, 9.17) is 26.1 Å². The van der Waals surface area contributed by atoms with Gasteiger partial charge in [0.1, 0.15) is 5.75 Å². The number of rotatable bonds is 5. The molecule has 2 aromatic carbocycles. The van der Waals surface area contributed by atoms with Gasteiger partial charge in [-0.2, -0.15) is 0 Å². The third-order valence-corrected chi connectivity index (χ3v) is 8.31. The maximum Gasteiger partial charge on any atom is 0.309 e. The summed E-state index contributed by atoms with van der Waals surface area (Å²) in [6.45, 7) is 2.42. The van der Waals surface area contributed by atoms with Crippen LogP contribution >= 0.6 is 11.6 Å². The zero-order chi connectivity index (χ0) is 29.8. The predicted octanol–water partition coefficient (Wildman–Crippen LogP) is 6.24. The summed E-state index contributed by atoms with van der Waals surface area (Å²) < 4.78 is 10.4. The van der Waals surface area contributed by atoms with Crippen molar-refractivity contribution in [1.82, 2.24) is 9.88 Å². The zero-order valence-electron chi connectivity index (χ0n) is 24.0. The molecule has 1 N–H and O–H groups in total. The third kappa shape index (κ3) is 6.19. The van der Waals surface area contributed by atoms with Gasteiger partial charge in [0.2, 0.25) is 11.8 Å². The first-order valence-corrected chi connectivity index (χ1v) is 14.5. The van der Waals surface area contributed by atoms with Gasteiger partial charge in [-0.3, -0.25) is 19.4 Å². The number of pyridine rings is 1. The van der Waals surface area contributed by atoms with Crippen LogP contribution in [0.25, 0.3) is 16.7 Å². The lowest BCUT2D eigenvalue weighted by atomic mass is 9.92. The van der Waals surface area contributed by atoms with Gasteiger partial charge in [0.05, 0.1) is 37.4 Å². The number of hydrogen-bond donors (Lipinski definition) is 1. The quantitative estimate of drug-likeness (QED) is 0.355. The Hall–Kier alpha value is -4.17. The van der Waals surface area contributed by atoms with Crippen LogP contribution in [0.5, 0.6) is 5.75 Å². The van der Waals surface area contributed by atoms with E-state index in [2.05, 4.69) is 5.32 Å². The molecule has 0 saturated carbocycles. The number of carbonyl (C=O) groups is 3. The molecule has 0 unspecified atom stereocenters. The van der Waals surface area contributed by atoms with Crippen LogP contribution in [-0.4, -0.2) is 48.4 Å². The molecule has 0 aliphatic carbocycles. The predicted molar refractivity (Wildman–Crippen MR) is 162 cm³/mol. The first kappa shape index (κ1) is 29.3. The highest BCUT2D eigenvalue weighted by Crippen LogP contribution is 2.39. The maximum absolute atomic E-state index is 13.6. The van der Waals surface area contributed by atoms with Crippen LogP contribution in [0.4, 0.5) is 5.69 Å². The first-order valence-electron chi connectivity index (χ1n) is 14.1. The van der Waals surface area contributed by atoms with Crippen LogP contribution in [0, 0.1) is 5.92 Å². The normalized spacial score (nSPS) is 19.0. The number of nitrogens with zero attached hydrogens (tertiary/aromatic N) is 2. The third-order valence-electron chi connectivity index (χ3n) is 8.01. The minimum Gasteiger partial charge on any atom is -0.495 e. The van der Waals surface area contributed by atoms with Crippen molar-refractivity contribution in [2.45, 2.75) is 45.1 Å². The summed E-state index contributed by atoms with van der Waals surface area (Å²) in [5.74, 6) is -0.217. The van der Waals surface area contributed by atoms with Crippen LogP contribution in [0.3, 0.4) is 0 Å². The minimum atomic E-state index is -0.353. The number of methoxy groups -OCH3 is 2. The SMILES string of the molecule is COC(=O)Cc1ccc2c(c1)NC(=O)[C@H](C)CCC[C@H](N1CCC(c3cccc(Cl)c3OC)=CC1=O)c1cc-2ccn1. The van der Waals surface area contributed by atoms with Crippen LogP contribution < -0.4 is 10.1 Å². The minimum absolute atomic E-state index is 0.0880. The number of nitrogens with one attached hydrogen (secondary N) is 1. The van der Waals surface area contributed by atoms with E-state index in [1.54, 1.807) is 25.4 Å². The van der Waals surface area contributed by atoms with Crippen LogP contribution in [-0.2, 0) is 25.5 Å². The van der Waals surface area contributed by atoms with Crippen molar-refractivity contribution in [2.24, 2.45) is 5.92 Å². The molecular formula is C33H34ClN3O5. The Morgan fingerprint density at radius 2 is 1.93 bits per heavy atom. The van der Waals surface area contributed by atoms with Crippen molar-refractivity contribution in [3.8, 4) is 16.9 Å². The number of amides is 2. The first-order chi connectivity index (χ1) is 20.3. The van der Waals surface area contributed by atoms with E-state index < -0.39 is 0 Å². The van der Waals surface area contributed by atoms with E-state index >= 15 is 0 Å². The number of carbonyl (C=O) groups excluding carboxylic acids is 3. The van der Waals surface area contributed by atoms with Gasteiger partial charge < -0.3 is 19.7 Å². The maximum atomic E-state index is 13.6. The van der Waals surface area contributed by atoms with Crippen molar-refractivity contribution in [1.29, 1.82) is 0 Å². The summed E-state index contributed by atoms with van der Waals surface area (Å²) in [5.41, 5.74) is 5.54. The summed E-state index contributed by atoms with van der Waals surface area (Å²) in [7, 11) is 2.93. The molecule has 3 heterocycles. The summed E-state index contributed by atoms with van der Waals surface area (Å²) in [6, 6.07) is 14.8. The molecule has 2 amide bonds. The molecular weight excluding hydrogens is 554 g/mol. The molecule has 9 heteroatoms. The summed E-state index contributed by atoms with van der Waals surface area (Å²) in [6.07, 6.45) is 6.23. The Balaban J connectivity index is 1.51. The second kappa shape index (κ2) is 12.8. The van der Waals surface area contributed by atoms with Gasteiger partial charge >= 0.3 is 5.97 Å². The molecule has 5 rings (SSSR count). The highest BCUT2D eigenvalue weighted by atomic mass is 35.5. The second-order valence-corrected chi connectivity index (χ2v) is 11.1. The topological polar surface area (TPSA) is 97.8 Å². The molecule has 2 bridgehead atoms. The Kier molecular flexibility index (Phi) is 8.92. The van der Waals surface area contributed by atoms with E-state index in [1.807, 2.05) is 54.3 Å². The molecule has 0 radical (unpaired) electrons. The Morgan fingerprint density at radius 3 is 2.69 bits per heavy atom. The number of fused-ring (bicyclic) bond motifs is 4. The summed E-state index contributed by atoms with van der Waals surface area (Å²) in [5, 5.41) is 3.58. The van der Waals surface area contributed by atoms with Gasteiger partial charge in [-0.25, -0.2) is 0 Å². The average molecular weight is 588 g/mol. The van der Waals surface area contributed by atoms with E-state index in [-0.39, 0.29) is 36.2 Å². The molecule has 0 saturated heterocycles. The lowest BCUT2D eigenvalue weighted by molar-refractivity contribution is -0.139.